The van der Waals surface area contributed by atoms with Gasteiger partial charge < -0.3 is 15.4 Å². The Morgan fingerprint density at radius 3 is 2.47 bits per heavy atom. The molecule has 0 aromatic carbocycles. The number of nitrogens with two attached hydrogens (primary N) is 1. The third kappa shape index (κ3) is 4.93. The van der Waals surface area contributed by atoms with E-state index in [1.165, 1.54) is 0 Å². The van der Waals surface area contributed by atoms with Crippen molar-refractivity contribution in [3.63, 3.8) is 0 Å². The van der Waals surface area contributed by atoms with Gasteiger partial charge >= 0.3 is 0 Å². The molecule has 1 aliphatic rings. The second-order valence-corrected chi connectivity index (χ2v) is 5.66. The molecule has 5 heteroatoms. The van der Waals surface area contributed by atoms with Crippen LogP contribution in [-0.2, 0) is 9.53 Å². The van der Waals surface area contributed by atoms with E-state index in [1.807, 2.05) is 11.8 Å². The average Bonchev–Trinajstić information content (AvgIpc) is 2.82. The van der Waals surface area contributed by atoms with Gasteiger partial charge in [0.25, 0.3) is 0 Å². The topological polar surface area (TPSA) is 55.6 Å². The van der Waals surface area contributed by atoms with Crippen molar-refractivity contribution in [1.29, 1.82) is 0 Å². The van der Waals surface area contributed by atoms with Crippen molar-refractivity contribution < 1.29 is 9.53 Å². The Kier molecular flexibility index (Phi) is 8.62. The van der Waals surface area contributed by atoms with Crippen molar-refractivity contribution in [3.8, 4) is 0 Å². The molecule has 2 N–H and O–H groups in total. The fourth-order valence-electron chi connectivity index (χ4n) is 2.76. The first-order valence-electron chi connectivity index (χ1n) is 7.04. The Morgan fingerprint density at radius 2 is 2.00 bits per heavy atom. The average molecular weight is 293 g/mol. The first kappa shape index (κ1) is 18.7. The molecule has 4 nitrogen and oxygen atoms in total. The highest BCUT2D eigenvalue weighted by molar-refractivity contribution is 5.85. The molecule has 1 unspecified atom stereocenters. The number of ether oxygens (including phenoxy) is 1. The quantitative estimate of drug-likeness (QED) is 0.815. The third-order valence-electron chi connectivity index (χ3n) is 4.04. The van der Waals surface area contributed by atoms with Crippen LogP contribution in [0.1, 0.15) is 40.0 Å². The first-order chi connectivity index (χ1) is 8.51. The second kappa shape index (κ2) is 8.77. The summed E-state index contributed by atoms with van der Waals surface area (Å²) in [6.45, 7) is 7.42. The molecule has 0 bridgehead atoms. The lowest BCUT2D eigenvalue weighted by molar-refractivity contribution is -0.140. The molecular formula is C14H29ClN2O2. The summed E-state index contributed by atoms with van der Waals surface area (Å²) in [5.74, 6) is 0.764. The molecule has 0 aliphatic heterocycles. The lowest BCUT2D eigenvalue weighted by Crippen LogP contribution is -2.46. The van der Waals surface area contributed by atoms with Gasteiger partial charge in [-0.15, -0.1) is 12.4 Å². The highest BCUT2D eigenvalue weighted by Gasteiger charge is 2.35. The number of hydrogen-bond acceptors (Lipinski definition) is 3. The highest BCUT2D eigenvalue weighted by atomic mass is 35.5. The van der Waals surface area contributed by atoms with Crippen LogP contribution < -0.4 is 5.73 Å². The molecule has 1 amide bonds. The van der Waals surface area contributed by atoms with E-state index in [2.05, 4.69) is 13.8 Å². The van der Waals surface area contributed by atoms with Crippen molar-refractivity contribution in [2.75, 3.05) is 20.2 Å². The number of carbonyl (C=O) groups excluding carboxylic acids is 1. The van der Waals surface area contributed by atoms with Crippen LogP contribution in [0.3, 0.4) is 0 Å². The summed E-state index contributed by atoms with van der Waals surface area (Å²) in [5.41, 5.74) is 5.77. The predicted molar refractivity (Wildman–Crippen MR) is 80.5 cm³/mol. The fourth-order valence-corrected chi connectivity index (χ4v) is 2.76. The van der Waals surface area contributed by atoms with Gasteiger partial charge in [-0.2, -0.15) is 0 Å². The summed E-state index contributed by atoms with van der Waals surface area (Å²) in [6, 6.07) is 0.217. The van der Waals surface area contributed by atoms with Crippen LogP contribution in [0, 0.1) is 11.8 Å². The summed E-state index contributed by atoms with van der Waals surface area (Å²) >= 11 is 0. The summed E-state index contributed by atoms with van der Waals surface area (Å²) < 4.78 is 5.28. The van der Waals surface area contributed by atoms with Gasteiger partial charge in [0.15, 0.2) is 0 Å². The number of nitrogens with zero attached hydrogens (tertiary/aromatic N) is 1. The molecule has 0 aromatic heterocycles. The van der Waals surface area contributed by atoms with Crippen LogP contribution in [-0.4, -0.2) is 43.2 Å². The molecule has 114 valence electrons. The molecule has 0 radical (unpaired) electrons. The largest absolute Gasteiger partial charge is 0.380 e. The van der Waals surface area contributed by atoms with Gasteiger partial charge in [0.1, 0.15) is 0 Å². The van der Waals surface area contributed by atoms with Crippen molar-refractivity contribution in [2.45, 2.75) is 52.2 Å². The zero-order valence-corrected chi connectivity index (χ0v) is 13.4. The second-order valence-electron chi connectivity index (χ2n) is 5.66. The molecule has 1 aliphatic carbocycles. The van der Waals surface area contributed by atoms with Gasteiger partial charge in [-0.3, -0.25) is 4.79 Å². The van der Waals surface area contributed by atoms with Crippen LogP contribution in [0.5, 0.6) is 0 Å². The first-order valence-corrected chi connectivity index (χ1v) is 7.04. The number of carbonyl (C=O) groups is 1. The molecule has 19 heavy (non-hydrogen) atoms. The summed E-state index contributed by atoms with van der Waals surface area (Å²) in [4.78, 5) is 14.6. The fraction of sp³-hybridized carbons (Fsp3) is 0.929. The molecule has 1 saturated carbocycles. The molecule has 0 aromatic rings. The van der Waals surface area contributed by atoms with Crippen LogP contribution >= 0.6 is 12.4 Å². The Labute approximate surface area is 123 Å². The maximum Gasteiger partial charge on any atom is 0.226 e. The van der Waals surface area contributed by atoms with Crippen LogP contribution in [0.4, 0.5) is 0 Å². The molecule has 0 saturated heterocycles. The van der Waals surface area contributed by atoms with E-state index in [0.29, 0.717) is 19.0 Å². The lowest BCUT2D eigenvalue weighted by atomic mass is 9.94. The number of halogens is 1. The lowest BCUT2D eigenvalue weighted by Gasteiger charge is -2.33. The van der Waals surface area contributed by atoms with Gasteiger partial charge in [-0.1, -0.05) is 6.42 Å². The van der Waals surface area contributed by atoms with Crippen LogP contribution in [0.25, 0.3) is 0 Å². The maximum absolute atomic E-state index is 12.6. The van der Waals surface area contributed by atoms with Crippen molar-refractivity contribution >= 4 is 18.3 Å². The van der Waals surface area contributed by atoms with E-state index < -0.39 is 0 Å². The van der Waals surface area contributed by atoms with E-state index in [1.54, 1.807) is 7.11 Å². The third-order valence-corrected chi connectivity index (χ3v) is 4.04. The van der Waals surface area contributed by atoms with Crippen molar-refractivity contribution in [1.82, 2.24) is 4.90 Å². The minimum Gasteiger partial charge on any atom is -0.380 e. The monoisotopic (exact) mass is 292 g/mol. The minimum atomic E-state index is 0. The van der Waals surface area contributed by atoms with Gasteiger partial charge in [-0.25, -0.2) is 0 Å². The zero-order valence-electron chi connectivity index (χ0n) is 12.6. The summed E-state index contributed by atoms with van der Waals surface area (Å²) in [5, 5.41) is 0. The normalized spacial score (nSPS) is 24.1. The van der Waals surface area contributed by atoms with Crippen LogP contribution in [0.15, 0.2) is 0 Å². The summed E-state index contributed by atoms with van der Waals surface area (Å²) in [7, 11) is 1.69. The van der Waals surface area contributed by atoms with Gasteiger partial charge in [0.05, 0.1) is 6.10 Å². The van der Waals surface area contributed by atoms with Gasteiger partial charge in [-0.05, 0) is 46.1 Å². The van der Waals surface area contributed by atoms with E-state index >= 15 is 0 Å². The number of hydrogen-bond donors (Lipinski definition) is 1. The number of methoxy groups -OCH3 is 1. The predicted octanol–water partition coefficient (Wildman–Crippen LogP) is 2.06. The Bertz CT molecular complexity index is 274. The SMILES string of the molecule is COC(C)CN(C(=O)[C@@H]1CCC[C@@H]1CN)C(C)C.Cl. The number of amides is 1. The summed E-state index contributed by atoms with van der Waals surface area (Å²) in [6.07, 6.45) is 3.29. The molecular weight excluding hydrogens is 264 g/mol. The molecule has 1 rings (SSSR count). The highest BCUT2D eigenvalue weighted by Crippen LogP contribution is 2.32. The molecule has 0 heterocycles. The molecule has 3 atom stereocenters. The van der Waals surface area contributed by atoms with Crippen LogP contribution in [0.2, 0.25) is 0 Å². The van der Waals surface area contributed by atoms with E-state index in [-0.39, 0.29) is 36.4 Å². The number of rotatable bonds is 6. The standard InChI is InChI=1S/C14H28N2O2.ClH/c1-10(2)16(9-11(3)18-4)14(17)13-7-5-6-12(13)8-15;/h10-13H,5-9,15H2,1-4H3;1H/t11?,12-,13-;/m1./s1. The molecule has 1 fully saturated rings. The van der Waals surface area contributed by atoms with E-state index in [4.69, 9.17) is 10.5 Å². The van der Waals surface area contributed by atoms with Crippen molar-refractivity contribution in [3.05, 3.63) is 0 Å². The van der Waals surface area contributed by atoms with Crippen molar-refractivity contribution in [2.24, 2.45) is 17.6 Å². The zero-order chi connectivity index (χ0) is 13.7. The maximum atomic E-state index is 12.6. The van der Waals surface area contributed by atoms with E-state index in [0.717, 1.165) is 19.3 Å². The Balaban J connectivity index is 0.00000324. The Morgan fingerprint density at radius 1 is 1.37 bits per heavy atom. The smallest absolute Gasteiger partial charge is 0.226 e. The molecule has 0 spiro atoms. The van der Waals surface area contributed by atoms with E-state index in [9.17, 15) is 4.79 Å². The van der Waals surface area contributed by atoms with Gasteiger partial charge in [0, 0.05) is 25.6 Å². The minimum absolute atomic E-state index is 0. The Hall–Kier alpha value is -0.320. The van der Waals surface area contributed by atoms with Gasteiger partial charge in [0.2, 0.25) is 5.91 Å².